The van der Waals surface area contributed by atoms with Crippen molar-refractivity contribution in [1.82, 2.24) is 9.97 Å². The molecule has 104 valence electrons. The van der Waals surface area contributed by atoms with E-state index in [-0.39, 0.29) is 5.56 Å². The van der Waals surface area contributed by atoms with Gasteiger partial charge in [0.05, 0.1) is 9.26 Å². The summed E-state index contributed by atoms with van der Waals surface area (Å²) in [5.41, 5.74) is 0.406. The van der Waals surface area contributed by atoms with Gasteiger partial charge in [-0.1, -0.05) is 0 Å². The standard InChI is InChI=1S/C13H17IN2O3/c1-18-13(4-6-19-7-5-13)12-15-10(8-2-3-8)9(14)11(17)16-12/h8H,2-7H2,1H3,(H,15,16,17). The first kappa shape index (κ1) is 13.5. The molecule has 2 heterocycles. The van der Waals surface area contributed by atoms with E-state index in [2.05, 4.69) is 27.6 Å². The van der Waals surface area contributed by atoms with Crippen molar-refractivity contribution in [2.45, 2.75) is 37.2 Å². The highest BCUT2D eigenvalue weighted by molar-refractivity contribution is 14.1. The lowest BCUT2D eigenvalue weighted by molar-refractivity contribution is -0.100. The summed E-state index contributed by atoms with van der Waals surface area (Å²) >= 11 is 2.09. The molecule has 6 heteroatoms. The largest absolute Gasteiger partial charge is 0.381 e. The molecule has 1 aliphatic carbocycles. The molecule has 1 aromatic heterocycles. The molecule has 5 nitrogen and oxygen atoms in total. The second-order valence-electron chi connectivity index (χ2n) is 5.20. The predicted octanol–water partition coefficient (Wildman–Crippen LogP) is 1.90. The van der Waals surface area contributed by atoms with Crippen LogP contribution in [0.5, 0.6) is 0 Å². The number of aromatic nitrogens is 2. The molecule has 3 rings (SSSR count). The van der Waals surface area contributed by atoms with Gasteiger partial charge in [0.1, 0.15) is 11.4 Å². The fraction of sp³-hybridized carbons (Fsp3) is 0.692. The fourth-order valence-corrected chi connectivity index (χ4v) is 3.25. The van der Waals surface area contributed by atoms with Crippen molar-refractivity contribution >= 4 is 22.6 Å². The maximum atomic E-state index is 12.1. The molecule has 0 aromatic carbocycles. The number of methoxy groups -OCH3 is 1. The highest BCUT2D eigenvalue weighted by Gasteiger charge is 2.39. The van der Waals surface area contributed by atoms with Crippen molar-refractivity contribution in [2.24, 2.45) is 0 Å². The maximum absolute atomic E-state index is 12.1. The van der Waals surface area contributed by atoms with Crippen molar-refractivity contribution in [3.63, 3.8) is 0 Å². The van der Waals surface area contributed by atoms with E-state index in [1.54, 1.807) is 7.11 Å². The quantitative estimate of drug-likeness (QED) is 0.819. The number of H-pyrrole nitrogens is 1. The summed E-state index contributed by atoms with van der Waals surface area (Å²) < 4.78 is 11.8. The lowest BCUT2D eigenvalue weighted by Gasteiger charge is -2.34. The van der Waals surface area contributed by atoms with Crippen LogP contribution in [0.4, 0.5) is 0 Å². The average Bonchev–Trinajstić information content (AvgIpc) is 3.27. The molecule has 0 radical (unpaired) electrons. The number of rotatable bonds is 3. The lowest BCUT2D eigenvalue weighted by Crippen LogP contribution is -2.39. The van der Waals surface area contributed by atoms with Crippen LogP contribution in [0.3, 0.4) is 0 Å². The number of ether oxygens (including phenoxy) is 2. The Labute approximate surface area is 125 Å². The summed E-state index contributed by atoms with van der Waals surface area (Å²) in [6, 6.07) is 0. The van der Waals surface area contributed by atoms with Gasteiger partial charge in [-0.05, 0) is 35.4 Å². The summed E-state index contributed by atoms with van der Waals surface area (Å²) in [4.78, 5) is 19.7. The van der Waals surface area contributed by atoms with Gasteiger partial charge in [-0.25, -0.2) is 4.98 Å². The Bertz CT molecular complexity index is 533. The molecule has 0 bridgehead atoms. The molecule has 0 amide bonds. The SMILES string of the molecule is COC1(c2nc(C3CC3)c(I)c(=O)[nH]2)CCOCC1. The number of nitrogens with zero attached hydrogens (tertiary/aromatic N) is 1. The summed E-state index contributed by atoms with van der Waals surface area (Å²) in [6.45, 7) is 1.28. The van der Waals surface area contributed by atoms with Crippen LogP contribution in [0.1, 0.15) is 43.1 Å². The molecule has 2 aliphatic rings. The number of hydrogen-bond donors (Lipinski definition) is 1. The zero-order valence-electron chi connectivity index (χ0n) is 10.9. The van der Waals surface area contributed by atoms with E-state index < -0.39 is 5.60 Å². The summed E-state index contributed by atoms with van der Waals surface area (Å²) in [5, 5.41) is 0. The molecule has 2 fully saturated rings. The van der Waals surface area contributed by atoms with Crippen LogP contribution in [0.15, 0.2) is 4.79 Å². The third-order valence-corrected chi connectivity index (χ3v) is 5.02. The Morgan fingerprint density at radius 3 is 2.68 bits per heavy atom. The van der Waals surface area contributed by atoms with E-state index in [0.29, 0.717) is 25.0 Å². The Morgan fingerprint density at radius 2 is 2.11 bits per heavy atom. The zero-order chi connectivity index (χ0) is 13.5. The fourth-order valence-electron chi connectivity index (χ4n) is 2.56. The topological polar surface area (TPSA) is 64.2 Å². The predicted molar refractivity (Wildman–Crippen MR) is 78.3 cm³/mol. The van der Waals surface area contributed by atoms with Gasteiger partial charge in [-0.3, -0.25) is 4.79 Å². The van der Waals surface area contributed by atoms with E-state index >= 15 is 0 Å². The van der Waals surface area contributed by atoms with Crippen LogP contribution < -0.4 is 5.56 Å². The highest BCUT2D eigenvalue weighted by Crippen LogP contribution is 2.41. The van der Waals surface area contributed by atoms with E-state index in [1.165, 1.54) is 0 Å². The van der Waals surface area contributed by atoms with Crippen molar-refractivity contribution < 1.29 is 9.47 Å². The number of halogens is 1. The number of aromatic amines is 1. The van der Waals surface area contributed by atoms with Crippen LogP contribution in [-0.4, -0.2) is 30.3 Å². The molecule has 1 aliphatic heterocycles. The number of nitrogens with one attached hydrogen (secondary N) is 1. The first-order valence-corrected chi connectivity index (χ1v) is 7.67. The van der Waals surface area contributed by atoms with Gasteiger partial charge < -0.3 is 14.5 Å². The van der Waals surface area contributed by atoms with Crippen molar-refractivity contribution in [3.05, 3.63) is 25.4 Å². The summed E-state index contributed by atoms with van der Waals surface area (Å²) in [5.74, 6) is 1.13. The Balaban J connectivity index is 2.06. The van der Waals surface area contributed by atoms with Crippen LogP contribution in [0.2, 0.25) is 0 Å². The van der Waals surface area contributed by atoms with E-state index in [0.717, 1.165) is 34.9 Å². The Kier molecular flexibility index (Phi) is 3.65. The van der Waals surface area contributed by atoms with E-state index in [9.17, 15) is 4.79 Å². The van der Waals surface area contributed by atoms with Crippen LogP contribution >= 0.6 is 22.6 Å². The van der Waals surface area contributed by atoms with Crippen LogP contribution in [0.25, 0.3) is 0 Å². The molecule has 1 saturated heterocycles. The monoisotopic (exact) mass is 376 g/mol. The molecule has 0 atom stereocenters. The van der Waals surface area contributed by atoms with Gasteiger partial charge in [0.25, 0.3) is 5.56 Å². The lowest BCUT2D eigenvalue weighted by atomic mass is 9.93. The van der Waals surface area contributed by atoms with Crippen molar-refractivity contribution in [1.29, 1.82) is 0 Å². The third kappa shape index (κ3) is 2.45. The molecule has 0 spiro atoms. The summed E-state index contributed by atoms with van der Waals surface area (Å²) in [7, 11) is 1.68. The van der Waals surface area contributed by atoms with Gasteiger partial charge >= 0.3 is 0 Å². The third-order valence-electron chi connectivity index (χ3n) is 3.98. The highest BCUT2D eigenvalue weighted by atomic mass is 127. The molecule has 1 aromatic rings. The molecular weight excluding hydrogens is 359 g/mol. The van der Waals surface area contributed by atoms with E-state index in [1.807, 2.05) is 0 Å². The van der Waals surface area contributed by atoms with Crippen molar-refractivity contribution in [2.75, 3.05) is 20.3 Å². The van der Waals surface area contributed by atoms with Crippen LogP contribution in [0, 0.1) is 3.57 Å². The first-order chi connectivity index (χ1) is 9.16. The van der Waals surface area contributed by atoms with Gasteiger partial charge in [-0.2, -0.15) is 0 Å². The smallest absolute Gasteiger partial charge is 0.264 e. The van der Waals surface area contributed by atoms with E-state index in [4.69, 9.17) is 14.5 Å². The Morgan fingerprint density at radius 1 is 1.42 bits per heavy atom. The van der Waals surface area contributed by atoms with Gasteiger partial charge in [0.15, 0.2) is 0 Å². The average molecular weight is 376 g/mol. The summed E-state index contributed by atoms with van der Waals surface area (Å²) in [6.07, 6.45) is 3.73. The van der Waals surface area contributed by atoms with Gasteiger partial charge in [0.2, 0.25) is 0 Å². The minimum atomic E-state index is -0.495. The molecule has 1 N–H and O–H groups in total. The molecule has 0 unspecified atom stereocenters. The number of hydrogen-bond acceptors (Lipinski definition) is 4. The molecule has 1 saturated carbocycles. The minimum Gasteiger partial charge on any atom is -0.381 e. The van der Waals surface area contributed by atoms with Gasteiger partial charge in [0, 0.05) is 39.1 Å². The maximum Gasteiger partial charge on any atom is 0.264 e. The zero-order valence-corrected chi connectivity index (χ0v) is 13.0. The van der Waals surface area contributed by atoms with Crippen molar-refractivity contribution in [3.8, 4) is 0 Å². The normalized spacial score (nSPS) is 22.4. The van der Waals surface area contributed by atoms with Crippen LogP contribution in [-0.2, 0) is 15.1 Å². The second kappa shape index (κ2) is 5.14. The second-order valence-corrected chi connectivity index (χ2v) is 6.28. The minimum absolute atomic E-state index is 0.0459. The first-order valence-electron chi connectivity index (χ1n) is 6.59. The Hall–Kier alpha value is -0.470. The van der Waals surface area contributed by atoms with Gasteiger partial charge in [-0.15, -0.1) is 0 Å². The molecular formula is C13H17IN2O3. The molecule has 19 heavy (non-hydrogen) atoms.